The summed E-state index contributed by atoms with van der Waals surface area (Å²) in [4.78, 5) is 18.5. The van der Waals surface area contributed by atoms with Crippen molar-refractivity contribution in [3.05, 3.63) is 82.0 Å². The number of hydrogen-bond acceptors (Lipinski definition) is 4. The molecule has 3 aromatic rings. The molecular formula is C20H17Cl2N3O3S. The molecule has 150 valence electrons. The minimum atomic E-state index is -3.97. The van der Waals surface area contributed by atoms with Crippen LogP contribution in [0.15, 0.2) is 65.7 Å². The molecule has 0 unspecified atom stereocenters. The van der Waals surface area contributed by atoms with Gasteiger partial charge in [-0.2, -0.15) is 0 Å². The van der Waals surface area contributed by atoms with Gasteiger partial charge in [0.15, 0.2) is 0 Å². The third-order valence-electron chi connectivity index (χ3n) is 4.19. The van der Waals surface area contributed by atoms with Crippen LogP contribution < -0.4 is 9.62 Å². The van der Waals surface area contributed by atoms with E-state index in [0.717, 1.165) is 0 Å². The first kappa shape index (κ1) is 21.1. The van der Waals surface area contributed by atoms with Crippen molar-refractivity contribution in [1.82, 2.24) is 4.98 Å². The molecule has 9 heteroatoms. The number of aryl methyl sites for hydroxylation is 1. The summed E-state index contributed by atoms with van der Waals surface area (Å²) in [6, 6.07) is 13.9. The number of pyridine rings is 1. The zero-order valence-corrected chi connectivity index (χ0v) is 17.9. The van der Waals surface area contributed by atoms with Gasteiger partial charge in [0.2, 0.25) is 0 Å². The highest BCUT2D eigenvalue weighted by Gasteiger charge is 2.22. The summed E-state index contributed by atoms with van der Waals surface area (Å²) >= 11 is 12.0. The molecule has 0 saturated heterocycles. The van der Waals surface area contributed by atoms with Crippen LogP contribution in [0.4, 0.5) is 11.5 Å². The van der Waals surface area contributed by atoms with E-state index in [9.17, 15) is 13.2 Å². The highest BCUT2D eigenvalue weighted by atomic mass is 35.5. The fourth-order valence-electron chi connectivity index (χ4n) is 2.61. The van der Waals surface area contributed by atoms with Gasteiger partial charge in [0, 0.05) is 23.3 Å². The Kier molecular flexibility index (Phi) is 6.12. The highest BCUT2D eigenvalue weighted by molar-refractivity contribution is 7.92. The van der Waals surface area contributed by atoms with Gasteiger partial charge in [0.25, 0.3) is 15.9 Å². The highest BCUT2D eigenvalue weighted by Crippen LogP contribution is 2.27. The van der Waals surface area contributed by atoms with Gasteiger partial charge in [-0.3, -0.25) is 14.4 Å². The van der Waals surface area contributed by atoms with E-state index in [1.54, 1.807) is 38.4 Å². The maximum atomic E-state index is 13.0. The lowest BCUT2D eigenvalue weighted by atomic mass is 10.1. The van der Waals surface area contributed by atoms with Crippen LogP contribution in [0, 0.1) is 6.92 Å². The number of hydrogen-bond donors (Lipinski definition) is 1. The molecule has 0 saturated carbocycles. The van der Waals surface area contributed by atoms with Crippen molar-refractivity contribution in [3.8, 4) is 0 Å². The summed E-state index contributed by atoms with van der Waals surface area (Å²) in [6.07, 6.45) is 1.56. The van der Waals surface area contributed by atoms with E-state index in [-0.39, 0.29) is 21.2 Å². The smallest absolute Gasteiger partial charge is 0.261 e. The van der Waals surface area contributed by atoms with E-state index in [1.807, 2.05) is 0 Å². The summed E-state index contributed by atoms with van der Waals surface area (Å²) in [5.74, 6) is -0.0139. The van der Waals surface area contributed by atoms with E-state index in [4.69, 9.17) is 23.2 Å². The Morgan fingerprint density at radius 3 is 2.48 bits per heavy atom. The van der Waals surface area contributed by atoms with Crippen LogP contribution in [0.3, 0.4) is 0 Å². The lowest BCUT2D eigenvalue weighted by Gasteiger charge is -2.19. The van der Waals surface area contributed by atoms with Gasteiger partial charge >= 0.3 is 0 Å². The molecule has 2 aromatic carbocycles. The van der Waals surface area contributed by atoms with E-state index in [0.29, 0.717) is 16.4 Å². The first-order chi connectivity index (χ1) is 13.7. The fraction of sp³-hybridized carbons (Fsp3) is 0.100. The van der Waals surface area contributed by atoms with Gasteiger partial charge < -0.3 is 0 Å². The molecule has 6 nitrogen and oxygen atoms in total. The zero-order chi connectivity index (χ0) is 21.2. The Morgan fingerprint density at radius 1 is 1.07 bits per heavy atom. The molecule has 0 atom stereocenters. The van der Waals surface area contributed by atoms with E-state index in [1.165, 1.54) is 41.3 Å². The van der Waals surface area contributed by atoms with Crippen molar-refractivity contribution < 1.29 is 13.2 Å². The minimum absolute atomic E-state index is 0.0239. The third-order valence-corrected chi connectivity index (χ3v) is 6.22. The number of carbonyl (C=O) groups excluding carboxylic acids is 1. The Morgan fingerprint density at radius 2 is 1.83 bits per heavy atom. The van der Waals surface area contributed by atoms with Crippen molar-refractivity contribution >= 4 is 50.6 Å². The summed E-state index contributed by atoms with van der Waals surface area (Å²) in [5.41, 5.74) is 0.821. The quantitative estimate of drug-likeness (QED) is 0.607. The van der Waals surface area contributed by atoms with Crippen LogP contribution in [-0.2, 0) is 10.0 Å². The molecule has 0 aliphatic rings. The average molecular weight is 450 g/mol. The van der Waals surface area contributed by atoms with Crippen LogP contribution in [0.1, 0.15) is 15.9 Å². The maximum Gasteiger partial charge on any atom is 0.261 e. The topological polar surface area (TPSA) is 79.4 Å². The molecular weight excluding hydrogens is 433 g/mol. The molecule has 1 amide bonds. The summed E-state index contributed by atoms with van der Waals surface area (Å²) in [5, 5.41) is 0.742. The molecule has 0 aliphatic heterocycles. The summed E-state index contributed by atoms with van der Waals surface area (Å²) in [7, 11) is -2.41. The van der Waals surface area contributed by atoms with Gasteiger partial charge in [-0.1, -0.05) is 29.3 Å². The largest absolute Gasteiger partial charge is 0.296 e. The lowest BCUT2D eigenvalue weighted by molar-refractivity contribution is 0.0993. The predicted molar refractivity (Wildman–Crippen MR) is 115 cm³/mol. The SMILES string of the molecule is Cc1cc(S(=O)(=O)Nc2cc(Cl)ccc2C(=O)N(C)c2ccccn2)ccc1Cl. The van der Waals surface area contributed by atoms with E-state index in [2.05, 4.69) is 9.71 Å². The number of nitrogens with one attached hydrogen (secondary N) is 1. The molecule has 0 bridgehead atoms. The van der Waals surface area contributed by atoms with Crippen molar-refractivity contribution in [1.29, 1.82) is 0 Å². The van der Waals surface area contributed by atoms with Crippen LogP contribution in [0.5, 0.6) is 0 Å². The van der Waals surface area contributed by atoms with E-state index >= 15 is 0 Å². The average Bonchev–Trinajstić information content (AvgIpc) is 2.69. The molecule has 0 aliphatic carbocycles. The number of aromatic nitrogens is 1. The molecule has 1 aromatic heterocycles. The number of anilines is 2. The Labute approximate surface area is 179 Å². The molecule has 0 radical (unpaired) electrons. The standard InChI is InChI=1S/C20H17Cl2N3O3S/c1-13-11-15(7-9-17(13)22)29(27,28)24-18-12-14(21)6-8-16(18)20(26)25(2)19-5-3-4-10-23-19/h3-12,24H,1-2H3. The van der Waals surface area contributed by atoms with Crippen molar-refractivity contribution in [2.24, 2.45) is 0 Å². The van der Waals surface area contributed by atoms with Gasteiger partial charge in [-0.15, -0.1) is 0 Å². The molecule has 0 fully saturated rings. The normalized spacial score (nSPS) is 11.2. The molecule has 1 N–H and O–H groups in total. The molecule has 29 heavy (non-hydrogen) atoms. The molecule has 0 spiro atoms. The van der Waals surface area contributed by atoms with Crippen molar-refractivity contribution in [2.45, 2.75) is 11.8 Å². The number of carbonyl (C=O) groups is 1. The second-order valence-electron chi connectivity index (χ2n) is 6.26. The Balaban J connectivity index is 1.98. The fourth-order valence-corrected chi connectivity index (χ4v) is 4.06. The maximum absolute atomic E-state index is 13.0. The van der Waals surface area contributed by atoms with Gasteiger partial charge in [-0.05, 0) is 61.0 Å². The van der Waals surface area contributed by atoms with Crippen molar-refractivity contribution in [2.75, 3.05) is 16.7 Å². The number of halogens is 2. The number of sulfonamides is 1. The predicted octanol–water partition coefficient (Wildman–Crippen LogP) is 4.77. The Hall–Kier alpha value is -2.61. The number of amides is 1. The van der Waals surface area contributed by atoms with E-state index < -0.39 is 15.9 Å². The second kappa shape index (κ2) is 8.41. The third kappa shape index (κ3) is 4.70. The first-order valence-electron chi connectivity index (χ1n) is 8.46. The molecule has 1 heterocycles. The van der Waals surface area contributed by atoms with Crippen molar-refractivity contribution in [3.63, 3.8) is 0 Å². The number of nitrogens with zero attached hydrogens (tertiary/aromatic N) is 2. The van der Waals surface area contributed by atoms with Crippen LogP contribution in [0.25, 0.3) is 0 Å². The second-order valence-corrected chi connectivity index (χ2v) is 8.78. The minimum Gasteiger partial charge on any atom is -0.296 e. The lowest BCUT2D eigenvalue weighted by Crippen LogP contribution is -2.28. The van der Waals surface area contributed by atoms with Gasteiger partial charge in [-0.25, -0.2) is 13.4 Å². The Bertz CT molecular complexity index is 1170. The van der Waals surface area contributed by atoms with Gasteiger partial charge in [0.1, 0.15) is 5.82 Å². The zero-order valence-electron chi connectivity index (χ0n) is 15.6. The summed E-state index contributed by atoms with van der Waals surface area (Å²) in [6.45, 7) is 1.71. The van der Waals surface area contributed by atoms with Crippen LogP contribution in [-0.4, -0.2) is 26.4 Å². The first-order valence-corrected chi connectivity index (χ1v) is 10.7. The number of benzene rings is 2. The van der Waals surface area contributed by atoms with Crippen LogP contribution in [0.2, 0.25) is 10.0 Å². The molecule has 3 rings (SSSR count). The summed E-state index contributed by atoms with van der Waals surface area (Å²) < 4.78 is 28.2. The van der Waals surface area contributed by atoms with Gasteiger partial charge in [0.05, 0.1) is 16.1 Å². The number of rotatable bonds is 5. The van der Waals surface area contributed by atoms with Crippen LogP contribution >= 0.6 is 23.2 Å². The monoisotopic (exact) mass is 449 g/mol.